The molecule has 2 aromatic rings. The van der Waals surface area contributed by atoms with Crippen LogP contribution >= 0.6 is 11.6 Å². The smallest absolute Gasteiger partial charge is 0.308 e. The summed E-state index contributed by atoms with van der Waals surface area (Å²) in [5.74, 6) is -0.778. The number of halogens is 1. The maximum Gasteiger partial charge on any atom is 0.308 e. The molecule has 0 aliphatic carbocycles. The number of benzene rings is 2. The van der Waals surface area contributed by atoms with E-state index in [2.05, 4.69) is 5.32 Å². The van der Waals surface area contributed by atoms with Gasteiger partial charge in [-0.15, -0.1) is 0 Å². The topological polar surface area (TPSA) is 75.7 Å². The second-order valence-corrected chi connectivity index (χ2v) is 5.71. The lowest BCUT2D eigenvalue weighted by Gasteiger charge is -2.17. The Morgan fingerprint density at radius 3 is 2.32 bits per heavy atom. The summed E-state index contributed by atoms with van der Waals surface area (Å²) in [6.07, 6.45) is 0. The molecule has 0 saturated carbocycles. The third-order valence-corrected chi connectivity index (χ3v) is 3.57. The number of anilines is 1. The van der Waals surface area contributed by atoms with Crippen molar-refractivity contribution in [3.05, 3.63) is 59.1 Å². The van der Waals surface area contributed by atoms with Crippen LogP contribution in [0.15, 0.2) is 48.5 Å². The molecule has 1 N–H and O–H groups in total. The van der Waals surface area contributed by atoms with Crippen molar-refractivity contribution >= 4 is 35.1 Å². The SMILES string of the molecule is CC(=O)Oc1ccc(C(=O)N(C)CC(=O)Nc2ccccc2Cl)cc1. The molecule has 0 atom stereocenters. The number of hydrogen-bond acceptors (Lipinski definition) is 4. The fourth-order valence-electron chi connectivity index (χ4n) is 2.09. The number of likely N-dealkylation sites (N-methyl/N-ethyl adjacent to an activating group) is 1. The minimum Gasteiger partial charge on any atom is -0.427 e. The van der Waals surface area contributed by atoms with Gasteiger partial charge in [0, 0.05) is 19.5 Å². The summed E-state index contributed by atoms with van der Waals surface area (Å²) in [6, 6.07) is 12.9. The van der Waals surface area contributed by atoms with Crippen LogP contribution in [-0.4, -0.2) is 36.3 Å². The molecule has 6 nitrogen and oxygen atoms in total. The first-order chi connectivity index (χ1) is 11.9. The van der Waals surface area contributed by atoms with Gasteiger partial charge >= 0.3 is 5.97 Å². The number of amides is 2. The first kappa shape index (κ1) is 18.5. The van der Waals surface area contributed by atoms with Crippen molar-refractivity contribution < 1.29 is 19.1 Å². The van der Waals surface area contributed by atoms with E-state index in [1.54, 1.807) is 24.3 Å². The van der Waals surface area contributed by atoms with Gasteiger partial charge in [-0.05, 0) is 36.4 Å². The van der Waals surface area contributed by atoms with Gasteiger partial charge in [0.25, 0.3) is 5.91 Å². The van der Waals surface area contributed by atoms with E-state index in [4.69, 9.17) is 16.3 Å². The molecule has 25 heavy (non-hydrogen) atoms. The highest BCUT2D eigenvalue weighted by molar-refractivity contribution is 6.33. The summed E-state index contributed by atoms with van der Waals surface area (Å²) < 4.78 is 4.91. The van der Waals surface area contributed by atoms with Gasteiger partial charge in [0.05, 0.1) is 17.3 Å². The Labute approximate surface area is 150 Å². The van der Waals surface area contributed by atoms with Crippen LogP contribution in [0, 0.1) is 0 Å². The zero-order valence-electron chi connectivity index (χ0n) is 13.8. The first-order valence-electron chi connectivity index (χ1n) is 7.45. The lowest BCUT2D eigenvalue weighted by atomic mass is 10.2. The van der Waals surface area contributed by atoms with Crippen LogP contribution in [0.25, 0.3) is 0 Å². The molecule has 0 aliphatic rings. The normalized spacial score (nSPS) is 10.0. The van der Waals surface area contributed by atoms with Gasteiger partial charge in [-0.25, -0.2) is 0 Å². The summed E-state index contributed by atoms with van der Waals surface area (Å²) in [5, 5.41) is 3.08. The molecule has 0 fully saturated rings. The minimum atomic E-state index is -0.438. The fourth-order valence-corrected chi connectivity index (χ4v) is 2.27. The number of carbonyl (C=O) groups excluding carboxylic acids is 3. The van der Waals surface area contributed by atoms with E-state index in [1.165, 1.54) is 43.1 Å². The largest absolute Gasteiger partial charge is 0.427 e. The molecule has 0 aliphatic heterocycles. The molecule has 0 spiro atoms. The summed E-state index contributed by atoms with van der Waals surface area (Å²) >= 11 is 5.98. The van der Waals surface area contributed by atoms with Crippen molar-refractivity contribution in [3.8, 4) is 5.75 Å². The van der Waals surface area contributed by atoms with E-state index in [0.717, 1.165) is 0 Å². The fraction of sp³-hybridized carbons (Fsp3) is 0.167. The molecule has 0 saturated heterocycles. The number of hydrogen-bond donors (Lipinski definition) is 1. The van der Waals surface area contributed by atoms with Crippen LogP contribution in [0.2, 0.25) is 5.02 Å². The lowest BCUT2D eigenvalue weighted by molar-refractivity contribution is -0.131. The average molecular weight is 361 g/mol. The number of nitrogens with zero attached hydrogens (tertiary/aromatic N) is 1. The van der Waals surface area contributed by atoms with E-state index >= 15 is 0 Å². The molecule has 0 bridgehead atoms. The maximum absolute atomic E-state index is 12.3. The zero-order chi connectivity index (χ0) is 18.4. The van der Waals surface area contributed by atoms with E-state index in [0.29, 0.717) is 22.0 Å². The first-order valence-corrected chi connectivity index (χ1v) is 7.83. The van der Waals surface area contributed by atoms with Gasteiger partial charge < -0.3 is 15.0 Å². The van der Waals surface area contributed by atoms with Crippen LogP contribution in [0.5, 0.6) is 5.75 Å². The highest BCUT2D eigenvalue weighted by Crippen LogP contribution is 2.20. The number of carbonyl (C=O) groups is 3. The molecule has 2 aromatic carbocycles. The van der Waals surface area contributed by atoms with Gasteiger partial charge in [0.2, 0.25) is 5.91 Å². The van der Waals surface area contributed by atoms with Crippen LogP contribution < -0.4 is 10.1 Å². The minimum absolute atomic E-state index is 0.129. The van der Waals surface area contributed by atoms with E-state index < -0.39 is 5.97 Å². The second kappa shape index (κ2) is 8.30. The van der Waals surface area contributed by atoms with Crippen molar-refractivity contribution in [1.82, 2.24) is 4.90 Å². The Balaban J connectivity index is 1.96. The summed E-state index contributed by atoms with van der Waals surface area (Å²) in [7, 11) is 1.52. The average Bonchev–Trinajstić information content (AvgIpc) is 2.56. The molecule has 2 amide bonds. The van der Waals surface area contributed by atoms with Gasteiger partial charge in [-0.1, -0.05) is 23.7 Å². The molecule has 0 unspecified atom stereocenters. The van der Waals surface area contributed by atoms with E-state index in [-0.39, 0.29) is 18.4 Å². The number of rotatable bonds is 5. The second-order valence-electron chi connectivity index (χ2n) is 5.31. The van der Waals surface area contributed by atoms with Crippen molar-refractivity contribution in [2.24, 2.45) is 0 Å². The molecule has 0 aromatic heterocycles. The Morgan fingerprint density at radius 2 is 1.72 bits per heavy atom. The Kier molecular flexibility index (Phi) is 6.14. The Morgan fingerprint density at radius 1 is 1.08 bits per heavy atom. The number of ether oxygens (including phenoxy) is 1. The van der Waals surface area contributed by atoms with Crippen LogP contribution in [0.1, 0.15) is 17.3 Å². The quantitative estimate of drug-likeness (QED) is 0.657. The molecule has 0 heterocycles. The van der Waals surface area contributed by atoms with Crippen molar-refractivity contribution in [1.29, 1.82) is 0 Å². The summed E-state index contributed by atoms with van der Waals surface area (Å²) in [5.41, 5.74) is 0.865. The third kappa shape index (κ3) is 5.32. The van der Waals surface area contributed by atoms with Crippen LogP contribution in [0.4, 0.5) is 5.69 Å². The molecule has 130 valence electrons. The zero-order valence-corrected chi connectivity index (χ0v) is 14.5. The van der Waals surface area contributed by atoms with Gasteiger partial charge in [-0.2, -0.15) is 0 Å². The number of esters is 1. The summed E-state index contributed by atoms with van der Waals surface area (Å²) in [4.78, 5) is 36.6. The van der Waals surface area contributed by atoms with E-state index in [9.17, 15) is 14.4 Å². The lowest BCUT2D eigenvalue weighted by Crippen LogP contribution is -2.34. The predicted octanol–water partition coefficient (Wildman–Crippen LogP) is 2.98. The van der Waals surface area contributed by atoms with Crippen LogP contribution in [-0.2, 0) is 9.59 Å². The highest BCUT2D eigenvalue weighted by atomic mass is 35.5. The van der Waals surface area contributed by atoms with Gasteiger partial charge in [-0.3, -0.25) is 14.4 Å². The standard InChI is InChI=1S/C18H17ClN2O4/c1-12(22)25-14-9-7-13(8-10-14)18(24)21(2)11-17(23)20-16-6-4-3-5-15(16)19/h3-10H,11H2,1-2H3,(H,20,23). The molecule has 2 rings (SSSR count). The van der Waals surface area contributed by atoms with Crippen molar-refractivity contribution in [2.45, 2.75) is 6.92 Å². The van der Waals surface area contributed by atoms with Gasteiger partial charge in [0.15, 0.2) is 0 Å². The predicted molar refractivity (Wildman–Crippen MR) is 94.8 cm³/mol. The van der Waals surface area contributed by atoms with Gasteiger partial charge in [0.1, 0.15) is 5.75 Å². The summed E-state index contributed by atoms with van der Waals surface area (Å²) in [6.45, 7) is 1.17. The monoisotopic (exact) mass is 360 g/mol. The Bertz CT molecular complexity index is 790. The highest BCUT2D eigenvalue weighted by Gasteiger charge is 2.16. The molecular formula is C18H17ClN2O4. The Hall–Kier alpha value is -2.86. The third-order valence-electron chi connectivity index (χ3n) is 3.24. The molecule has 7 heteroatoms. The van der Waals surface area contributed by atoms with Crippen molar-refractivity contribution in [2.75, 3.05) is 18.9 Å². The maximum atomic E-state index is 12.3. The van der Waals surface area contributed by atoms with E-state index in [1.807, 2.05) is 0 Å². The molecule has 0 radical (unpaired) electrons. The van der Waals surface area contributed by atoms with Crippen molar-refractivity contribution in [3.63, 3.8) is 0 Å². The van der Waals surface area contributed by atoms with Crippen LogP contribution in [0.3, 0.4) is 0 Å². The number of para-hydroxylation sites is 1. The molecular weight excluding hydrogens is 344 g/mol. The number of nitrogens with one attached hydrogen (secondary N) is 1.